The number of carbonyl (C=O) groups excluding carboxylic acids is 1. The highest BCUT2D eigenvalue weighted by molar-refractivity contribution is 7.10. The number of nitrogens with zero attached hydrogens (tertiary/aromatic N) is 1. The summed E-state index contributed by atoms with van der Waals surface area (Å²) in [6, 6.07) is 3.12. The molecule has 7 heteroatoms. The van der Waals surface area contributed by atoms with Crippen LogP contribution in [-0.2, 0) is 0 Å². The standard InChI is InChI=1S/C14H15F2N3OS/c1-7(9-4-5-10(15)11(16)6-9)18-13(20)12-8(2)19-21-14(12)17-3/h4-7,17H,1-3H3,(H,18,20)/t7-/m1/s1. The Bertz CT molecular complexity index is 672. The largest absolute Gasteiger partial charge is 0.378 e. The molecule has 2 rings (SSSR count). The van der Waals surface area contributed by atoms with Gasteiger partial charge in [-0.05, 0) is 43.1 Å². The van der Waals surface area contributed by atoms with E-state index in [9.17, 15) is 13.6 Å². The normalized spacial score (nSPS) is 12.0. The van der Waals surface area contributed by atoms with Gasteiger partial charge in [0.1, 0.15) is 5.00 Å². The van der Waals surface area contributed by atoms with Crippen molar-refractivity contribution in [1.82, 2.24) is 9.69 Å². The van der Waals surface area contributed by atoms with Crippen molar-refractivity contribution in [3.05, 3.63) is 46.7 Å². The Morgan fingerprint density at radius 2 is 2.05 bits per heavy atom. The van der Waals surface area contributed by atoms with Crippen molar-refractivity contribution in [2.75, 3.05) is 12.4 Å². The number of hydrogen-bond acceptors (Lipinski definition) is 4. The number of carbonyl (C=O) groups is 1. The van der Waals surface area contributed by atoms with Crippen LogP contribution in [0.5, 0.6) is 0 Å². The van der Waals surface area contributed by atoms with Crippen LogP contribution in [0.4, 0.5) is 13.8 Å². The summed E-state index contributed by atoms with van der Waals surface area (Å²) < 4.78 is 30.3. The molecule has 0 saturated heterocycles. The summed E-state index contributed by atoms with van der Waals surface area (Å²) in [5.41, 5.74) is 1.59. The van der Waals surface area contributed by atoms with Crippen LogP contribution in [0.2, 0.25) is 0 Å². The number of halogens is 2. The van der Waals surface area contributed by atoms with E-state index in [2.05, 4.69) is 15.0 Å². The number of rotatable bonds is 4. The highest BCUT2D eigenvalue weighted by atomic mass is 32.1. The average Bonchev–Trinajstić information content (AvgIpc) is 2.82. The van der Waals surface area contributed by atoms with E-state index in [4.69, 9.17) is 0 Å². The maximum Gasteiger partial charge on any atom is 0.256 e. The number of aryl methyl sites for hydroxylation is 1. The second-order valence-electron chi connectivity index (χ2n) is 4.59. The molecule has 2 N–H and O–H groups in total. The van der Waals surface area contributed by atoms with E-state index in [1.807, 2.05) is 0 Å². The molecule has 2 aromatic rings. The van der Waals surface area contributed by atoms with Gasteiger partial charge >= 0.3 is 0 Å². The van der Waals surface area contributed by atoms with Gasteiger partial charge in [0, 0.05) is 7.05 Å². The van der Waals surface area contributed by atoms with Gasteiger partial charge in [-0.3, -0.25) is 4.79 Å². The summed E-state index contributed by atoms with van der Waals surface area (Å²) in [6.07, 6.45) is 0. The van der Waals surface area contributed by atoms with Gasteiger partial charge in [-0.2, -0.15) is 4.37 Å². The van der Waals surface area contributed by atoms with Crippen LogP contribution in [0.3, 0.4) is 0 Å². The van der Waals surface area contributed by atoms with Crippen LogP contribution in [0.25, 0.3) is 0 Å². The highest BCUT2D eigenvalue weighted by Gasteiger charge is 2.20. The summed E-state index contributed by atoms with van der Waals surface area (Å²) in [7, 11) is 1.71. The molecule has 0 saturated carbocycles. The van der Waals surface area contributed by atoms with Gasteiger partial charge in [0.2, 0.25) is 0 Å². The van der Waals surface area contributed by atoms with Crippen molar-refractivity contribution in [1.29, 1.82) is 0 Å². The summed E-state index contributed by atoms with van der Waals surface area (Å²) in [4.78, 5) is 12.3. The maximum atomic E-state index is 13.2. The smallest absolute Gasteiger partial charge is 0.256 e. The summed E-state index contributed by atoms with van der Waals surface area (Å²) in [5.74, 6) is -2.15. The van der Waals surface area contributed by atoms with E-state index in [0.717, 1.165) is 12.1 Å². The predicted octanol–water partition coefficient (Wildman–Crippen LogP) is 3.26. The van der Waals surface area contributed by atoms with Gasteiger partial charge in [-0.25, -0.2) is 8.78 Å². The Morgan fingerprint density at radius 1 is 1.33 bits per heavy atom. The third kappa shape index (κ3) is 3.18. The molecule has 1 amide bonds. The summed E-state index contributed by atoms with van der Waals surface area (Å²) in [6.45, 7) is 3.45. The van der Waals surface area contributed by atoms with Crippen molar-refractivity contribution in [2.24, 2.45) is 0 Å². The van der Waals surface area contributed by atoms with Gasteiger partial charge < -0.3 is 10.6 Å². The lowest BCUT2D eigenvalue weighted by Crippen LogP contribution is -2.27. The summed E-state index contributed by atoms with van der Waals surface area (Å²) in [5, 5.41) is 6.34. The molecule has 0 spiro atoms. The van der Waals surface area contributed by atoms with E-state index in [0.29, 0.717) is 21.8 Å². The Balaban J connectivity index is 2.18. The molecule has 0 unspecified atom stereocenters. The number of benzene rings is 1. The molecule has 0 aliphatic rings. The Kier molecular flexibility index (Phi) is 4.52. The predicted molar refractivity (Wildman–Crippen MR) is 78.6 cm³/mol. The van der Waals surface area contributed by atoms with Crippen molar-refractivity contribution in [2.45, 2.75) is 19.9 Å². The monoisotopic (exact) mass is 311 g/mol. The molecule has 0 aliphatic heterocycles. The van der Waals surface area contributed by atoms with Crippen molar-refractivity contribution < 1.29 is 13.6 Å². The van der Waals surface area contributed by atoms with Gasteiger partial charge in [-0.15, -0.1) is 0 Å². The zero-order valence-corrected chi connectivity index (χ0v) is 12.6. The van der Waals surface area contributed by atoms with E-state index in [-0.39, 0.29) is 5.91 Å². The molecule has 112 valence electrons. The van der Waals surface area contributed by atoms with Crippen LogP contribution in [-0.4, -0.2) is 17.3 Å². The first-order valence-electron chi connectivity index (χ1n) is 6.34. The third-order valence-electron chi connectivity index (χ3n) is 3.11. The molecule has 4 nitrogen and oxygen atoms in total. The first-order valence-corrected chi connectivity index (χ1v) is 7.11. The Hall–Kier alpha value is -2.02. The molecule has 0 bridgehead atoms. The SMILES string of the molecule is CNc1snc(C)c1C(=O)N[C@H](C)c1ccc(F)c(F)c1. The second kappa shape index (κ2) is 6.17. The van der Waals surface area contributed by atoms with Crippen LogP contribution in [0.15, 0.2) is 18.2 Å². The number of nitrogens with one attached hydrogen (secondary N) is 2. The van der Waals surface area contributed by atoms with E-state index >= 15 is 0 Å². The highest BCUT2D eigenvalue weighted by Crippen LogP contribution is 2.25. The molecule has 0 aliphatic carbocycles. The van der Waals surface area contributed by atoms with E-state index in [1.54, 1.807) is 20.9 Å². The molecule has 1 aromatic carbocycles. The molecular formula is C14H15F2N3OS. The minimum absolute atomic E-state index is 0.303. The lowest BCUT2D eigenvalue weighted by atomic mass is 10.1. The molecule has 0 fully saturated rings. The van der Waals surface area contributed by atoms with Gasteiger partial charge in [0.05, 0.1) is 17.3 Å². The maximum absolute atomic E-state index is 13.2. The molecule has 21 heavy (non-hydrogen) atoms. The van der Waals surface area contributed by atoms with Gasteiger partial charge in [0.15, 0.2) is 11.6 Å². The van der Waals surface area contributed by atoms with Crippen LogP contribution in [0, 0.1) is 18.6 Å². The zero-order valence-electron chi connectivity index (χ0n) is 11.8. The van der Waals surface area contributed by atoms with Crippen molar-refractivity contribution in [3.8, 4) is 0 Å². The molecule has 1 atom stereocenters. The third-order valence-corrected chi connectivity index (χ3v) is 4.06. The first-order chi connectivity index (χ1) is 9.93. The first kappa shape index (κ1) is 15.4. The van der Waals surface area contributed by atoms with Crippen molar-refractivity contribution in [3.63, 3.8) is 0 Å². The molecule has 1 heterocycles. The van der Waals surface area contributed by atoms with Gasteiger partial charge in [-0.1, -0.05) is 6.07 Å². The quantitative estimate of drug-likeness (QED) is 0.911. The van der Waals surface area contributed by atoms with E-state index < -0.39 is 17.7 Å². The Labute approximate surface area is 125 Å². The number of anilines is 1. The lowest BCUT2D eigenvalue weighted by Gasteiger charge is -2.15. The Morgan fingerprint density at radius 3 is 2.67 bits per heavy atom. The zero-order chi connectivity index (χ0) is 15.6. The number of hydrogen-bond donors (Lipinski definition) is 2. The topological polar surface area (TPSA) is 54.0 Å². The average molecular weight is 311 g/mol. The van der Waals surface area contributed by atoms with Crippen LogP contribution < -0.4 is 10.6 Å². The van der Waals surface area contributed by atoms with Gasteiger partial charge in [0.25, 0.3) is 5.91 Å². The minimum atomic E-state index is -0.933. The van der Waals surface area contributed by atoms with Crippen LogP contribution in [0.1, 0.15) is 34.6 Å². The number of amides is 1. The fourth-order valence-corrected chi connectivity index (χ4v) is 2.68. The van der Waals surface area contributed by atoms with E-state index in [1.165, 1.54) is 17.6 Å². The summed E-state index contributed by atoms with van der Waals surface area (Å²) >= 11 is 1.20. The molecule has 1 aromatic heterocycles. The van der Waals surface area contributed by atoms with Crippen LogP contribution >= 0.6 is 11.5 Å². The molecular weight excluding hydrogens is 296 g/mol. The lowest BCUT2D eigenvalue weighted by molar-refractivity contribution is 0.0940. The van der Waals surface area contributed by atoms with Crippen molar-refractivity contribution >= 4 is 22.4 Å². The second-order valence-corrected chi connectivity index (χ2v) is 5.36. The fourth-order valence-electron chi connectivity index (χ4n) is 1.94. The molecule has 0 radical (unpaired) electrons. The fraction of sp³-hybridized carbons (Fsp3) is 0.286. The minimum Gasteiger partial charge on any atom is -0.378 e. The number of aromatic nitrogens is 1.